The summed E-state index contributed by atoms with van der Waals surface area (Å²) in [4.78, 5) is 36.2. The minimum atomic E-state index is -0.166. The quantitative estimate of drug-likeness (QED) is 0.773. The Morgan fingerprint density at radius 3 is 3.04 bits per heavy atom. The summed E-state index contributed by atoms with van der Waals surface area (Å²) in [5, 5.41) is 2.97. The summed E-state index contributed by atoms with van der Waals surface area (Å²) in [6.45, 7) is 2.56. The van der Waals surface area contributed by atoms with Crippen LogP contribution in [0.1, 0.15) is 46.4 Å². The van der Waals surface area contributed by atoms with Gasteiger partial charge in [-0.05, 0) is 26.2 Å². The summed E-state index contributed by atoms with van der Waals surface area (Å²) in [6.07, 6.45) is 4.39. The minimum absolute atomic E-state index is 0.0329. The highest BCUT2D eigenvalue weighted by Crippen LogP contribution is 2.31. The second-order valence-corrected chi connectivity index (χ2v) is 6.91. The maximum atomic E-state index is 12.8. The molecule has 1 amide bonds. The van der Waals surface area contributed by atoms with Crippen molar-refractivity contribution < 1.29 is 4.79 Å². The number of fused-ring (bicyclic) bond motifs is 1. The predicted octanol–water partition coefficient (Wildman–Crippen LogP) is 2.15. The highest BCUT2D eigenvalue weighted by Gasteiger charge is 2.31. The molecule has 0 spiro atoms. The number of nitrogens with zero attached hydrogens (tertiary/aromatic N) is 4. The van der Waals surface area contributed by atoms with Gasteiger partial charge in [0.25, 0.3) is 11.5 Å². The van der Waals surface area contributed by atoms with E-state index in [2.05, 4.69) is 15.1 Å². The summed E-state index contributed by atoms with van der Waals surface area (Å²) >= 11 is 1.34. The molecule has 0 aliphatic carbocycles. The van der Waals surface area contributed by atoms with Gasteiger partial charge in [0.2, 0.25) is 0 Å². The zero-order chi connectivity index (χ0) is 16.7. The standard InChI is InChI=1S/C16H17N5O2S/c1-10-6-14-18-11(7-15(22)21(14)19-10)12-4-2-3-5-20(12)16(23)13-8-17-9-24-13/h6-9,12,19H,2-5H2,1H3. The van der Waals surface area contributed by atoms with E-state index < -0.39 is 0 Å². The largest absolute Gasteiger partial charge is 0.329 e. The van der Waals surface area contributed by atoms with E-state index in [1.165, 1.54) is 21.9 Å². The number of likely N-dealkylation sites (tertiary alicyclic amines) is 1. The summed E-state index contributed by atoms with van der Waals surface area (Å²) in [5.74, 6) is -0.0329. The van der Waals surface area contributed by atoms with E-state index >= 15 is 0 Å². The fraction of sp³-hybridized carbons (Fsp3) is 0.375. The number of carbonyl (C=O) groups excluding carboxylic acids is 1. The molecular formula is C16H17N5O2S. The van der Waals surface area contributed by atoms with Crippen LogP contribution in [0.25, 0.3) is 5.65 Å². The lowest BCUT2D eigenvalue weighted by atomic mass is 9.99. The van der Waals surface area contributed by atoms with Crippen LogP contribution in [0.3, 0.4) is 0 Å². The molecule has 4 heterocycles. The van der Waals surface area contributed by atoms with Crippen molar-refractivity contribution in [1.82, 2.24) is 24.5 Å². The molecule has 0 aromatic carbocycles. The zero-order valence-corrected chi connectivity index (χ0v) is 14.0. The van der Waals surface area contributed by atoms with Crippen LogP contribution >= 0.6 is 11.3 Å². The first-order valence-corrected chi connectivity index (χ1v) is 8.80. The highest BCUT2D eigenvalue weighted by atomic mass is 32.1. The van der Waals surface area contributed by atoms with E-state index in [1.807, 2.05) is 17.9 Å². The number of carbonyl (C=O) groups is 1. The van der Waals surface area contributed by atoms with Gasteiger partial charge in [-0.1, -0.05) is 0 Å². The molecule has 1 aliphatic heterocycles. The lowest BCUT2D eigenvalue weighted by Gasteiger charge is -2.35. The molecule has 24 heavy (non-hydrogen) atoms. The van der Waals surface area contributed by atoms with Gasteiger partial charge in [0, 0.05) is 24.4 Å². The number of thiazole rings is 1. The normalized spacial score (nSPS) is 18.2. The highest BCUT2D eigenvalue weighted by molar-refractivity contribution is 7.11. The van der Waals surface area contributed by atoms with Gasteiger partial charge in [-0.25, -0.2) is 9.50 Å². The maximum Gasteiger partial charge on any atom is 0.272 e. The molecule has 1 atom stereocenters. The second-order valence-electron chi connectivity index (χ2n) is 6.03. The number of amides is 1. The number of hydrogen-bond donors (Lipinski definition) is 1. The van der Waals surface area contributed by atoms with Crippen molar-refractivity contribution in [2.24, 2.45) is 0 Å². The molecule has 7 nitrogen and oxygen atoms in total. The lowest BCUT2D eigenvalue weighted by molar-refractivity contribution is 0.0611. The van der Waals surface area contributed by atoms with Gasteiger partial charge >= 0.3 is 0 Å². The van der Waals surface area contributed by atoms with Crippen molar-refractivity contribution in [2.75, 3.05) is 6.54 Å². The Balaban J connectivity index is 1.75. The van der Waals surface area contributed by atoms with E-state index in [-0.39, 0.29) is 17.5 Å². The molecule has 3 aromatic rings. The second kappa shape index (κ2) is 5.86. The Morgan fingerprint density at radius 2 is 2.25 bits per heavy atom. The average Bonchev–Trinajstić information content (AvgIpc) is 3.23. The van der Waals surface area contributed by atoms with Gasteiger partial charge in [-0.15, -0.1) is 11.3 Å². The predicted molar refractivity (Wildman–Crippen MR) is 90.3 cm³/mol. The van der Waals surface area contributed by atoms with Gasteiger partial charge in [0.1, 0.15) is 4.88 Å². The molecule has 0 radical (unpaired) electrons. The monoisotopic (exact) mass is 343 g/mol. The summed E-state index contributed by atoms with van der Waals surface area (Å²) in [5.41, 5.74) is 3.63. The summed E-state index contributed by atoms with van der Waals surface area (Å²) in [6, 6.07) is 3.20. The van der Waals surface area contributed by atoms with Gasteiger partial charge < -0.3 is 4.90 Å². The van der Waals surface area contributed by atoms with Crippen LogP contribution in [-0.4, -0.2) is 36.9 Å². The molecule has 3 aromatic heterocycles. The smallest absolute Gasteiger partial charge is 0.272 e. The van der Waals surface area contributed by atoms with E-state index in [4.69, 9.17) is 0 Å². The molecule has 0 saturated carbocycles. The third kappa shape index (κ3) is 2.52. The van der Waals surface area contributed by atoms with Gasteiger partial charge in [-0.2, -0.15) is 0 Å². The third-order valence-corrected chi connectivity index (χ3v) is 5.11. The molecular weight excluding hydrogens is 326 g/mol. The van der Waals surface area contributed by atoms with Gasteiger partial charge in [0.05, 0.1) is 23.4 Å². The molecule has 1 unspecified atom stereocenters. The first kappa shape index (κ1) is 15.1. The molecule has 0 bridgehead atoms. The van der Waals surface area contributed by atoms with Crippen molar-refractivity contribution in [3.63, 3.8) is 0 Å². The Labute approximate surface area is 142 Å². The summed E-state index contributed by atoms with van der Waals surface area (Å²) in [7, 11) is 0. The van der Waals surface area contributed by atoms with Crippen LogP contribution in [0.5, 0.6) is 0 Å². The zero-order valence-electron chi connectivity index (χ0n) is 13.2. The molecule has 1 N–H and O–H groups in total. The van der Waals surface area contributed by atoms with Crippen LogP contribution in [0, 0.1) is 6.92 Å². The van der Waals surface area contributed by atoms with Crippen LogP contribution < -0.4 is 5.56 Å². The first-order valence-electron chi connectivity index (χ1n) is 7.92. The van der Waals surface area contributed by atoms with Crippen LogP contribution in [0.15, 0.2) is 28.6 Å². The fourth-order valence-electron chi connectivity index (χ4n) is 3.25. The molecule has 4 rings (SSSR count). The minimum Gasteiger partial charge on any atom is -0.329 e. The molecule has 1 saturated heterocycles. The topological polar surface area (TPSA) is 83.4 Å². The van der Waals surface area contributed by atoms with Crippen LogP contribution in [0.4, 0.5) is 0 Å². The van der Waals surface area contributed by atoms with Crippen LogP contribution in [-0.2, 0) is 0 Å². The van der Waals surface area contributed by atoms with Gasteiger partial charge in [-0.3, -0.25) is 19.7 Å². The third-order valence-electron chi connectivity index (χ3n) is 4.35. The summed E-state index contributed by atoms with van der Waals surface area (Å²) < 4.78 is 1.43. The van der Waals surface area contributed by atoms with Crippen molar-refractivity contribution in [3.05, 3.63) is 50.5 Å². The Hall–Kier alpha value is -2.48. The fourth-order valence-corrected chi connectivity index (χ4v) is 3.82. The number of H-pyrrole nitrogens is 1. The number of hydrogen-bond acceptors (Lipinski definition) is 5. The number of nitrogens with one attached hydrogen (secondary N) is 1. The number of rotatable bonds is 2. The first-order chi connectivity index (χ1) is 11.6. The Bertz CT molecular complexity index is 943. The molecule has 124 valence electrons. The number of aromatic amines is 1. The van der Waals surface area contributed by atoms with E-state index in [0.29, 0.717) is 22.8 Å². The average molecular weight is 343 g/mol. The van der Waals surface area contributed by atoms with Crippen molar-refractivity contribution in [1.29, 1.82) is 0 Å². The Kier molecular flexibility index (Phi) is 3.68. The maximum absolute atomic E-state index is 12.8. The van der Waals surface area contributed by atoms with E-state index in [9.17, 15) is 9.59 Å². The van der Waals surface area contributed by atoms with Crippen molar-refractivity contribution in [3.8, 4) is 0 Å². The van der Waals surface area contributed by atoms with E-state index in [0.717, 1.165) is 25.0 Å². The SMILES string of the molecule is Cc1cc2nc(C3CCCCN3C(=O)c3cncs3)cc(=O)n2[nH]1. The van der Waals surface area contributed by atoms with Crippen molar-refractivity contribution in [2.45, 2.75) is 32.2 Å². The molecule has 1 aliphatic rings. The number of aromatic nitrogens is 4. The molecule has 8 heteroatoms. The van der Waals surface area contributed by atoms with Crippen molar-refractivity contribution >= 4 is 22.9 Å². The van der Waals surface area contributed by atoms with E-state index in [1.54, 1.807) is 11.7 Å². The lowest BCUT2D eigenvalue weighted by Crippen LogP contribution is -2.39. The van der Waals surface area contributed by atoms with Gasteiger partial charge in [0.15, 0.2) is 5.65 Å². The number of aryl methyl sites for hydroxylation is 1. The Morgan fingerprint density at radius 1 is 1.38 bits per heavy atom. The number of piperidine rings is 1. The molecule has 1 fully saturated rings. The van der Waals surface area contributed by atoms with Crippen LogP contribution in [0.2, 0.25) is 0 Å².